The van der Waals surface area contributed by atoms with Crippen molar-refractivity contribution in [3.8, 4) is 0 Å². The zero-order chi connectivity index (χ0) is 11.8. The van der Waals surface area contributed by atoms with Crippen LogP contribution in [0.5, 0.6) is 0 Å². The average Bonchev–Trinajstić information content (AvgIpc) is 2.24. The summed E-state index contributed by atoms with van der Waals surface area (Å²) < 4.78 is 12.9. The molecule has 88 valence electrons. The van der Waals surface area contributed by atoms with E-state index in [0.717, 1.165) is 31.5 Å². The van der Waals surface area contributed by atoms with Gasteiger partial charge in [-0.1, -0.05) is 30.7 Å². The molecule has 0 fully saturated rings. The molecule has 0 heterocycles. The minimum Gasteiger partial charge on any atom is -0.317 e. The molecule has 0 atom stereocenters. The number of rotatable bonds is 6. The van der Waals surface area contributed by atoms with Gasteiger partial charge in [0.25, 0.3) is 0 Å². The molecule has 0 unspecified atom stereocenters. The number of nitrogens with one attached hydrogen (secondary N) is 1. The first-order chi connectivity index (χ1) is 7.72. The predicted molar refractivity (Wildman–Crippen MR) is 67.0 cm³/mol. The molecular formula is C14H20FN. The second kappa shape index (κ2) is 7.18. The third kappa shape index (κ3) is 5.08. The summed E-state index contributed by atoms with van der Waals surface area (Å²) in [6.45, 7) is 6.22. The Bertz CT molecular complexity index is 344. The van der Waals surface area contributed by atoms with Crippen LogP contribution in [-0.4, -0.2) is 13.1 Å². The van der Waals surface area contributed by atoms with Crippen molar-refractivity contribution in [1.29, 1.82) is 0 Å². The van der Waals surface area contributed by atoms with Crippen LogP contribution in [0, 0.1) is 5.82 Å². The fourth-order valence-corrected chi connectivity index (χ4v) is 1.64. The molecule has 1 aromatic rings. The third-order valence-electron chi connectivity index (χ3n) is 2.44. The Morgan fingerprint density at radius 1 is 1.44 bits per heavy atom. The zero-order valence-corrected chi connectivity index (χ0v) is 10.1. The molecular weight excluding hydrogens is 201 g/mol. The van der Waals surface area contributed by atoms with Crippen LogP contribution in [0.4, 0.5) is 4.39 Å². The molecule has 0 aliphatic heterocycles. The fraction of sp³-hybridized carbons (Fsp3) is 0.429. The SMILES string of the molecule is CCNCCC=C(C)Cc1cccc(F)c1. The second-order valence-corrected chi connectivity index (χ2v) is 4.00. The highest BCUT2D eigenvalue weighted by atomic mass is 19.1. The van der Waals surface area contributed by atoms with Gasteiger partial charge in [-0.2, -0.15) is 0 Å². The molecule has 1 N–H and O–H groups in total. The molecule has 1 nitrogen and oxygen atoms in total. The van der Waals surface area contributed by atoms with E-state index in [1.165, 1.54) is 11.6 Å². The number of hydrogen-bond donors (Lipinski definition) is 1. The maximum atomic E-state index is 12.9. The molecule has 1 aromatic carbocycles. The quantitative estimate of drug-likeness (QED) is 0.574. The van der Waals surface area contributed by atoms with Crippen molar-refractivity contribution in [3.63, 3.8) is 0 Å². The fourth-order valence-electron chi connectivity index (χ4n) is 1.64. The van der Waals surface area contributed by atoms with Gasteiger partial charge in [0, 0.05) is 0 Å². The topological polar surface area (TPSA) is 12.0 Å². The van der Waals surface area contributed by atoms with E-state index in [0.29, 0.717) is 0 Å². The van der Waals surface area contributed by atoms with Crippen molar-refractivity contribution >= 4 is 0 Å². The lowest BCUT2D eigenvalue weighted by Crippen LogP contribution is -2.13. The van der Waals surface area contributed by atoms with E-state index in [4.69, 9.17) is 0 Å². The van der Waals surface area contributed by atoms with E-state index in [2.05, 4.69) is 25.2 Å². The first kappa shape index (κ1) is 12.9. The highest BCUT2D eigenvalue weighted by Crippen LogP contribution is 2.09. The van der Waals surface area contributed by atoms with Crippen LogP contribution in [0.3, 0.4) is 0 Å². The molecule has 0 aromatic heterocycles. The molecule has 0 spiro atoms. The van der Waals surface area contributed by atoms with Crippen LogP contribution in [0.1, 0.15) is 25.8 Å². The lowest BCUT2D eigenvalue weighted by molar-refractivity contribution is 0.626. The van der Waals surface area contributed by atoms with Gasteiger partial charge in [0.05, 0.1) is 0 Å². The van der Waals surface area contributed by atoms with E-state index in [1.807, 2.05) is 6.07 Å². The second-order valence-electron chi connectivity index (χ2n) is 4.00. The van der Waals surface area contributed by atoms with Crippen LogP contribution >= 0.6 is 0 Å². The van der Waals surface area contributed by atoms with Gasteiger partial charge in [0.2, 0.25) is 0 Å². The molecule has 0 aliphatic rings. The molecule has 0 saturated carbocycles. The predicted octanol–water partition coefficient (Wildman–Crippen LogP) is 3.31. The summed E-state index contributed by atoms with van der Waals surface area (Å²) in [7, 11) is 0. The van der Waals surface area contributed by atoms with E-state index in [9.17, 15) is 4.39 Å². The Morgan fingerprint density at radius 3 is 2.94 bits per heavy atom. The summed E-state index contributed by atoms with van der Waals surface area (Å²) in [4.78, 5) is 0. The normalized spacial score (nSPS) is 11.8. The summed E-state index contributed by atoms with van der Waals surface area (Å²) in [5.74, 6) is -0.155. The zero-order valence-electron chi connectivity index (χ0n) is 10.1. The van der Waals surface area contributed by atoms with Gasteiger partial charge in [0.15, 0.2) is 0 Å². The minimum atomic E-state index is -0.155. The maximum absolute atomic E-state index is 12.9. The van der Waals surface area contributed by atoms with Gasteiger partial charge in [0.1, 0.15) is 5.82 Å². The van der Waals surface area contributed by atoms with Crippen molar-refractivity contribution in [1.82, 2.24) is 5.32 Å². The number of halogens is 1. The standard InChI is InChI=1S/C14H20FN/c1-3-16-9-5-6-12(2)10-13-7-4-8-14(15)11-13/h4,6-8,11,16H,3,5,9-10H2,1-2H3. The Labute approximate surface area is 97.4 Å². The summed E-state index contributed by atoms with van der Waals surface area (Å²) in [6.07, 6.45) is 4.09. The van der Waals surface area contributed by atoms with Crippen LogP contribution in [0.25, 0.3) is 0 Å². The van der Waals surface area contributed by atoms with Crippen molar-refractivity contribution in [2.24, 2.45) is 0 Å². The van der Waals surface area contributed by atoms with Crippen molar-refractivity contribution in [2.45, 2.75) is 26.7 Å². The average molecular weight is 221 g/mol. The molecule has 0 bridgehead atoms. The first-order valence-corrected chi connectivity index (χ1v) is 5.83. The van der Waals surface area contributed by atoms with Gasteiger partial charge in [-0.15, -0.1) is 0 Å². The Kier molecular flexibility index (Phi) is 5.79. The summed E-state index contributed by atoms with van der Waals surface area (Å²) in [5.41, 5.74) is 2.33. The molecule has 2 heteroatoms. The molecule has 1 rings (SSSR count). The van der Waals surface area contributed by atoms with Crippen LogP contribution in [0.15, 0.2) is 35.9 Å². The number of allylic oxidation sites excluding steroid dienone is 1. The van der Waals surface area contributed by atoms with Crippen molar-refractivity contribution < 1.29 is 4.39 Å². The highest BCUT2D eigenvalue weighted by molar-refractivity contribution is 5.21. The third-order valence-corrected chi connectivity index (χ3v) is 2.44. The Hall–Kier alpha value is -1.15. The molecule has 0 radical (unpaired) electrons. The smallest absolute Gasteiger partial charge is 0.123 e. The summed E-state index contributed by atoms with van der Waals surface area (Å²) in [5, 5.41) is 3.27. The van der Waals surface area contributed by atoms with Gasteiger partial charge in [-0.3, -0.25) is 0 Å². The van der Waals surface area contributed by atoms with Gasteiger partial charge >= 0.3 is 0 Å². The van der Waals surface area contributed by atoms with Crippen LogP contribution in [0.2, 0.25) is 0 Å². The van der Waals surface area contributed by atoms with Crippen LogP contribution < -0.4 is 5.32 Å². The highest BCUT2D eigenvalue weighted by Gasteiger charge is 1.96. The minimum absolute atomic E-state index is 0.155. The first-order valence-electron chi connectivity index (χ1n) is 5.83. The number of hydrogen-bond acceptors (Lipinski definition) is 1. The Balaban J connectivity index is 2.41. The summed E-state index contributed by atoms with van der Waals surface area (Å²) in [6, 6.07) is 6.80. The van der Waals surface area contributed by atoms with Crippen LogP contribution in [-0.2, 0) is 6.42 Å². The van der Waals surface area contributed by atoms with Gasteiger partial charge in [-0.25, -0.2) is 4.39 Å². The van der Waals surface area contributed by atoms with E-state index < -0.39 is 0 Å². The lowest BCUT2D eigenvalue weighted by atomic mass is 10.1. The maximum Gasteiger partial charge on any atom is 0.123 e. The van der Waals surface area contributed by atoms with Gasteiger partial charge < -0.3 is 5.32 Å². The molecule has 16 heavy (non-hydrogen) atoms. The van der Waals surface area contributed by atoms with E-state index >= 15 is 0 Å². The molecule has 0 aliphatic carbocycles. The Morgan fingerprint density at radius 2 is 2.25 bits per heavy atom. The molecule has 0 amide bonds. The monoisotopic (exact) mass is 221 g/mol. The summed E-state index contributed by atoms with van der Waals surface area (Å²) >= 11 is 0. The largest absolute Gasteiger partial charge is 0.317 e. The van der Waals surface area contributed by atoms with Gasteiger partial charge in [-0.05, 0) is 50.6 Å². The molecule has 0 saturated heterocycles. The van der Waals surface area contributed by atoms with E-state index in [-0.39, 0.29) is 5.82 Å². The van der Waals surface area contributed by atoms with Crippen molar-refractivity contribution in [2.75, 3.05) is 13.1 Å². The number of benzene rings is 1. The lowest BCUT2D eigenvalue weighted by Gasteiger charge is -2.03. The van der Waals surface area contributed by atoms with E-state index in [1.54, 1.807) is 12.1 Å². The van der Waals surface area contributed by atoms with Crippen molar-refractivity contribution in [3.05, 3.63) is 47.3 Å².